The minimum Gasteiger partial charge on any atom is -0.341 e. The molecule has 0 fully saturated rings. The first-order chi connectivity index (χ1) is 11.7. The van der Waals surface area contributed by atoms with Gasteiger partial charge < -0.3 is 10.6 Å². The van der Waals surface area contributed by atoms with Gasteiger partial charge in [-0.1, -0.05) is 36.4 Å². The number of fused-ring (bicyclic) bond motifs is 1. The van der Waals surface area contributed by atoms with Gasteiger partial charge in [0.25, 0.3) is 0 Å². The summed E-state index contributed by atoms with van der Waals surface area (Å²) in [6, 6.07) is 16.8. The number of carbonyl (C=O) groups excluding carboxylic acids is 2. The van der Waals surface area contributed by atoms with Gasteiger partial charge >= 0.3 is 11.8 Å². The summed E-state index contributed by atoms with van der Waals surface area (Å²) in [6.07, 6.45) is 2.03. The van der Waals surface area contributed by atoms with Crippen LogP contribution in [-0.4, -0.2) is 11.8 Å². The summed E-state index contributed by atoms with van der Waals surface area (Å²) in [6.45, 7) is 0. The van der Waals surface area contributed by atoms with E-state index < -0.39 is 11.8 Å². The summed E-state index contributed by atoms with van der Waals surface area (Å²) in [5.74, 6) is -1.33. The Balaban J connectivity index is 1.59. The molecule has 2 N–H and O–H groups in total. The molecule has 1 aliphatic rings. The Labute approximate surface area is 140 Å². The number of nitriles is 1. The minimum absolute atomic E-state index is 0.113. The lowest BCUT2D eigenvalue weighted by atomic mass is 10.1. The molecule has 0 aromatic heterocycles. The topological polar surface area (TPSA) is 82.0 Å². The van der Waals surface area contributed by atoms with E-state index in [0.717, 1.165) is 24.0 Å². The van der Waals surface area contributed by atoms with E-state index in [2.05, 4.69) is 16.7 Å². The van der Waals surface area contributed by atoms with Crippen LogP contribution in [0.1, 0.15) is 29.2 Å². The van der Waals surface area contributed by atoms with Crippen molar-refractivity contribution in [1.29, 1.82) is 5.26 Å². The standard InChI is InChI=1S/C19H17N3O2/c20-12-11-13-5-8-15(9-6-13)21-18(23)19(24)22-17-10-7-14-3-1-2-4-16(14)17/h1-6,8-9,17H,7,10-11H2,(H,21,23)(H,22,24). The number of hydrogen-bond donors (Lipinski definition) is 2. The molecule has 2 aromatic carbocycles. The van der Waals surface area contributed by atoms with Crippen LogP contribution in [0.3, 0.4) is 0 Å². The van der Waals surface area contributed by atoms with Crippen molar-refractivity contribution in [2.24, 2.45) is 0 Å². The van der Waals surface area contributed by atoms with Gasteiger partial charge in [0.2, 0.25) is 0 Å². The lowest BCUT2D eigenvalue weighted by molar-refractivity contribution is -0.136. The molecule has 3 rings (SSSR count). The highest BCUT2D eigenvalue weighted by Gasteiger charge is 2.25. The fourth-order valence-corrected chi connectivity index (χ4v) is 2.92. The SMILES string of the molecule is N#CCc1ccc(NC(=O)C(=O)NC2CCc3ccccc32)cc1. The van der Waals surface area contributed by atoms with E-state index in [9.17, 15) is 9.59 Å². The number of carbonyl (C=O) groups is 2. The van der Waals surface area contributed by atoms with Crippen molar-refractivity contribution in [2.45, 2.75) is 25.3 Å². The third-order valence-corrected chi connectivity index (χ3v) is 4.14. The van der Waals surface area contributed by atoms with Crippen LogP contribution in [0.25, 0.3) is 0 Å². The zero-order valence-electron chi connectivity index (χ0n) is 13.1. The van der Waals surface area contributed by atoms with Crippen molar-refractivity contribution in [2.75, 3.05) is 5.32 Å². The predicted molar refractivity (Wildman–Crippen MR) is 90.0 cm³/mol. The second kappa shape index (κ2) is 6.97. The maximum absolute atomic E-state index is 12.1. The highest BCUT2D eigenvalue weighted by atomic mass is 16.2. The third kappa shape index (κ3) is 3.44. The fraction of sp³-hybridized carbons (Fsp3) is 0.211. The fourth-order valence-electron chi connectivity index (χ4n) is 2.92. The largest absolute Gasteiger partial charge is 0.341 e. The maximum atomic E-state index is 12.1. The van der Waals surface area contributed by atoms with Crippen molar-refractivity contribution < 1.29 is 9.59 Å². The van der Waals surface area contributed by atoms with E-state index in [0.29, 0.717) is 12.1 Å². The number of amides is 2. The molecular formula is C19H17N3O2. The summed E-state index contributed by atoms with van der Waals surface area (Å²) in [5.41, 5.74) is 3.70. The first kappa shape index (κ1) is 15.8. The number of anilines is 1. The number of nitrogens with zero attached hydrogens (tertiary/aromatic N) is 1. The molecule has 5 nitrogen and oxygen atoms in total. The number of hydrogen-bond acceptors (Lipinski definition) is 3. The summed E-state index contributed by atoms with van der Waals surface area (Å²) >= 11 is 0. The number of nitrogens with one attached hydrogen (secondary N) is 2. The zero-order chi connectivity index (χ0) is 16.9. The first-order valence-electron chi connectivity index (χ1n) is 7.83. The Hall–Kier alpha value is -3.13. The van der Waals surface area contributed by atoms with E-state index in [-0.39, 0.29) is 6.04 Å². The van der Waals surface area contributed by atoms with Gasteiger partial charge in [0.1, 0.15) is 0 Å². The molecule has 0 spiro atoms. The van der Waals surface area contributed by atoms with Crippen molar-refractivity contribution in [3.05, 3.63) is 65.2 Å². The van der Waals surface area contributed by atoms with Crippen LogP contribution in [-0.2, 0) is 22.4 Å². The van der Waals surface area contributed by atoms with E-state index in [1.165, 1.54) is 5.56 Å². The molecule has 0 bridgehead atoms. The Morgan fingerprint density at radius 2 is 1.83 bits per heavy atom. The highest BCUT2D eigenvalue weighted by Crippen LogP contribution is 2.30. The summed E-state index contributed by atoms with van der Waals surface area (Å²) in [7, 11) is 0. The van der Waals surface area contributed by atoms with Crippen molar-refractivity contribution in [3.63, 3.8) is 0 Å². The molecular weight excluding hydrogens is 302 g/mol. The van der Waals surface area contributed by atoms with Gasteiger partial charge in [-0.05, 0) is 41.7 Å². The predicted octanol–water partition coefficient (Wildman–Crippen LogP) is 2.49. The second-order valence-corrected chi connectivity index (χ2v) is 5.75. The molecule has 1 aliphatic carbocycles. The van der Waals surface area contributed by atoms with Gasteiger partial charge in [-0.3, -0.25) is 9.59 Å². The average molecular weight is 319 g/mol. The van der Waals surface area contributed by atoms with Gasteiger partial charge in [0.15, 0.2) is 0 Å². The van der Waals surface area contributed by atoms with Gasteiger partial charge in [-0.25, -0.2) is 0 Å². The van der Waals surface area contributed by atoms with Crippen LogP contribution in [0.15, 0.2) is 48.5 Å². The third-order valence-electron chi connectivity index (χ3n) is 4.14. The molecule has 24 heavy (non-hydrogen) atoms. The van der Waals surface area contributed by atoms with Crippen molar-refractivity contribution in [1.82, 2.24) is 5.32 Å². The summed E-state index contributed by atoms with van der Waals surface area (Å²) < 4.78 is 0. The van der Waals surface area contributed by atoms with Gasteiger partial charge in [0, 0.05) is 5.69 Å². The molecule has 0 radical (unpaired) electrons. The number of rotatable bonds is 3. The molecule has 2 aromatic rings. The second-order valence-electron chi connectivity index (χ2n) is 5.75. The van der Waals surface area contributed by atoms with Gasteiger partial charge in [0.05, 0.1) is 18.5 Å². The number of benzene rings is 2. The van der Waals surface area contributed by atoms with Crippen LogP contribution in [0, 0.1) is 11.3 Å². The lowest BCUT2D eigenvalue weighted by Gasteiger charge is -2.14. The molecule has 1 atom stereocenters. The molecule has 120 valence electrons. The maximum Gasteiger partial charge on any atom is 0.313 e. The number of aryl methyl sites for hydroxylation is 1. The van der Waals surface area contributed by atoms with Crippen molar-refractivity contribution in [3.8, 4) is 6.07 Å². The highest BCUT2D eigenvalue weighted by molar-refractivity contribution is 6.39. The van der Waals surface area contributed by atoms with Crippen LogP contribution in [0.4, 0.5) is 5.69 Å². The Morgan fingerprint density at radius 3 is 2.58 bits per heavy atom. The molecule has 0 heterocycles. The van der Waals surface area contributed by atoms with Crippen LogP contribution < -0.4 is 10.6 Å². The summed E-state index contributed by atoms with van der Waals surface area (Å²) in [5, 5.41) is 14.0. The van der Waals surface area contributed by atoms with Crippen LogP contribution >= 0.6 is 0 Å². The Bertz CT molecular complexity index is 806. The molecule has 2 amide bonds. The molecule has 0 saturated heterocycles. The van der Waals surface area contributed by atoms with Gasteiger partial charge in [-0.2, -0.15) is 5.26 Å². The normalized spacial score (nSPS) is 15.2. The first-order valence-corrected chi connectivity index (χ1v) is 7.83. The van der Waals surface area contributed by atoms with E-state index >= 15 is 0 Å². The molecule has 5 heteroatoms. The summed E-state index contributed by atoms with van der Waals surface area (Å²) in [4.78, 5) is 24.2. The van der Waals surface area contributed by atoms with Crippen LogP contribution in [0.5, 0.6) is 0 Å². The van der Waals surface area contributed by atoms with E-state index in [4.69, 9.17) is 5.26 Å². The van der Waals surface area contributed by atoms with E-state index in [1.807, 2.05) is 24.3 Å². The lowest BCUT2D eigenvalue weighted by Crippen LogP contribution is -2.37. The Morgan fingerprint density at radius 1 is 1.08 bits per heavy atom. The molecule has 1 unspecified atom stereocenters. The van der Waals surface area contributed by atoms with Crippen LogP contribution in [0.2, 0.25) is 0 Å². The molecule has 0 saturated carbocycles. The Kier molecular flexibility index (Phi) is 4.57. The van der Waals surface area contributed by atoms with E-state index in [1.54, 1.807) is 24.3 Å². The smallest absolute Gasteiger partial charge is 0.313 e. The quantitative estimate of drug-likeness (QED) is 0.853. The average Bonchev–Trinajstić information content (AvgIpc) is 3.00. The zero-order valence-corrected chi connectivity index (χ0v) is 13.1. The molecule has 0 aliphatic heterocycles. The van der Waals surface area contributed by atoms with Gasteiger partial charge in [-0.15, -0.1) is 0 Å². The minimum atomic E-state index is -0.688. The monoisotopic (exact) mass is 319 g/mol. The van der Waals surface area contributed by atoms with Crippen molar-refractivity contribution >= 4 is 17.5 Å².